The minimum absolute atomic E-state index is 0.271. The molecule has 0 radical (unpaired) electrons. The lowest BCUT2D eigenvalue weighted by atomic mass is 10.0. The molecule has 25 heavy (non-hydrogen) atoms. The van der Waals surface area contributed by atoms with E-state index < -0.39 is 0 Å². The van der Waals surface area contributed by atoms with Gasteiger partial charge in [-0.3, -0.25) is 4.79 Å². The molecule has 0 aliphatic carbocycles. The number of hydrogen-bond acceptors (Lipinski definition) is 2. The third-order valence-electron chi connectivity index (χ3n) is 3.98. The Morgan fingerprint density at radius 2 is 2.00 bits per heavy atom. The summed E-state index contributed by atoms with van der Waals surface area (Å²) in [4.78, 5) is 17.7. The van der Waals surface area contributed by atoms with E-state index in [1.54, 1.807) is 36.4 Å². The maximum atomic E-state index is 14.4. The number of aromatic amines is 1. The highest BCUT2D eigenvalue weighted by Gasteiger charge is 2.21. The highest BCUT2D eigenvalue weighted by molar-refractivity contribution is 6.31. The van der Waals surface area contributed by atoms with Crippen molar-refractivity contribution in [2.75, 3.05) is 27.2 Å². The largest absolute Gasteiger partial charge is 0.350 e. The molecule has 0 atom stereocenters. The van der Waals surface area contributed by atoms with Crippen molar-refractivity contribution in [1.82, 2.24) is 15.2 Å². The van der Waals surface area contributed by atoms with Crippen LogP contribution in [0.2, 0.25) is 5.02 Å². The number of carbonyl (C=O) groups is 1. The van der Waals surface area contributed by atoms with Gasteiger partial charge in [-0.05, 0) is 38.4 Å². The van der Waals surface area contributed by atoms with Gasteiger partial charge in [-0.25, -0.2) is 4.39 Å². The van der Waals surface area contributed by atoms with E-state index in [-0.39, 0.29) is 11.7 Å². The van der Waals surface area contributed by atoms with E-state index in [4.69, 9.17) is 11.6 Å². The summed E-state index contributed by atoms with van der Waals surface area (Å²) in [6.45, 7) is 1.21. The van der Waals surface area contributed by atoms with E-state index in [0.29, 0.717) is 34.9 Å². The van der Waals surface area contributed by atoms with Crippen LogP contribution in [0.5, 0.6) is 0 Å². The number of fused-ring (bicyclic) bond motifs is 1. The van der Waals surface area contributed by atoms with Gasteiger partial charge >= 0.3 is 0 Å². The van der Waals surface area contributed by atoms with Crippen molar-refractivity contribution < 1.29 is 9.18 Å². The van der Waals surface area contributed by atoms with Crippen molar-refractivity contribution in [2.45, 2.75) is 0 Å². The average molecular weight is 360 g/mol. The van der Waals surface area contributed by atoms with Crippen molar-refractivity contribution in [1.29, 1.82) is 0 Å². The zero-order chi connectivity index (χ0) is 18.0. The highest BCUT2D eigenvalue weighted by Crippen LogP contribution is 2.35. The Bertz CT molecular complexity index is 920. The van der Waals surface area contributed by atoms with Crippen LogP contribution >= 0.6 is 11.6 Å². The topological polar surface area (TPSA) is 48.1 Å². The Balaban J connectivity index is 2.10. The van der Waals surface area contributed by atoms with Gasteiger partial charge in [0.25, 0.3) is 5.91 Å². The molecule has 0 saturated heterocycles. The number of nitrogens with zero attached hydrogens (tertiary/aromatic N) is 1. The zero-order valence-corrected chi connectivity index (χ0v) is 14.8. The van der Waals surface area contributed by atoms with Gasteiger partial charge in [-0.1, -0.05) is 29.8 Å². The molecule has 4 nitrogen and oxygen atoms in total. The highest BCUT2D eigenvalue weighted by atomic mass is 35.5. The molecular weight excluding hydrogens is 341 g/mol. The van der Waals surface area contributed by atoms with Crippen LogP contribution in [0.1, 0.15) is 10.5 Å². The Morgan fingerprint density at radius 3 is 2.72 bits per heavy atom. The van der Waals surface area contributed by atoms with Gasteiger partial charge in [0, 0.05) is 40.1 Å². The van der Waals surface area contributed by atoms with Crippen molar-refractivity contribution in [3.63, 3.8) is 0 Å². The van der Waals surface area contributed by atoms with Crippen molar-refractivity contribution in [3.8, 4) is 11.1 Å². The molecule has 3 aromatic rings. The lowest BCUT2D eigenvalue weighted by Gasteiger charge is -2.11. The van der Waals surface area contributed by atoms with Crippen molar-refractivity contribution in [3.05, 3.63) is 59.0 Å². The Kier molecular flexibility index (Phi) is 5.06. The number of nitrogens with one attached hydrogen (secondary N) is 2. The zero-order valence-electron chi connectivity index (χ0n) is 14.1. The molecule has 0 aliphatic heterocycles. The number of benzene rings is 2. The van der Waals surface area contributed by atoms with Crippen LogP contribution in [-0.2, 0) is 0 Å². The third-order valence-corrected chi connectivity index (χ3v) is 4.21. The fraction of sp³-hybridized carbons (Fsp3) is 0.211. The van der Waals surface area contributed by atoms with Crippen LogP contribution in [-0.4, -0.2) is 43.0 Å². The molecule has 2 N–H and O–H groups in total. The predicted molar refractivity (Wildman–Crippen MR) is 99.6 cm³/mol. The van der Waals surface area contributed by atoms with Crippen molar-refractivity contribution in [2.24, 2.45) is 0 Å². The summed E-state index contributed by atoms with van der Waals surface area (Å²) in [5, 5.41) is 4.12. The van der Waals surface area contributed by atoms with Gasteiger partial charge in [-0.2, -0.15) is 0 Å². The van der Waals surface area contributed by atoms with E-state index >= 15 is 0 Å². The molecule has 1 aromatic heterocycles. The number of rotatable bonds is 5. The maximum Gasteiger partial charge on any atom is 0.268 e. The third kappa shape index (κ3) is 3.67. The van der Waals surface area contributed by atoms with Gasteiger partial charge in [0.05, 0.1) is 0 Å². The van der Waals surface area contributed by atoms with Gasteiger partial charge in [0.2, 0.25) is 0 Å². The Hall–Kier alpha value is -2.37. The number of likely N-dealkylation sites (N-methyl/N-ethyl adjacent to an activating group) is 1. The lowest BCUT2D eigenvalue weighted by molar-refractivity contribution is 0.0947. The number of halogens is 2. The van der Waals surface area contributed by atoms with Crippen LogP contribution < -0.4 is 5.32 Å². The predicted octanol–water partition coefficient (Wildman–Crippen LogP) is 3.92. The van der Waals surface area contributed by atoms with Crippen LogP contribution in [0.3, 0.4) is 0 Å². The first kappa shape index (κ1) is 17.5. The second-order valence-electron chi connectivity index (χ2n) is 6.10. The quantitative estimate of drug-likeness (QED) is 0.725. The molecule has 0 aliphatic rings. The second kappa shape index (κ2) is 7.25. The number of H-pyrrole nitrogens is 1. The fourth-order valence-electron chi connectivity index (χ4n) is 2.76. The van der Waals surface area contributed by atoms with Gasteiger partial charge in [0.15, 0.2) is 0 Å². The van der Waals surface area contributed by atoms with E-state index in [2.05, 4.69) is 10.3 Å². The molecule has 1 heterocycles. The minimum atomic E-state index is -0.384. The first-order chi connectivity index (χ1) is 12.0. The first-order valence-electron chi connectivity index (χ1n) is 7.96. The van der Waals surface area contributed by atoms with Crippen molar-refractivity contribution >= 4 is 28.4 Å². The molecule has 0 bridgehead atoms. The normalized spacial score (nSPS) is 11.2. The summed E-state index contributed by atoms with van der Waals surface area (Å²) in [6.07, 6.45) is 0. The molecule has 3 rings (SSSR count). The molecule has 0 unspecified atom stereocenters. The summed E-state index contributed by atoms with van der Waals surface area (Å²) in [6, 6.07) is 11.7. The maximum absolute atomic E-state index is 14.4. The van der Waals surface area contributed by atoms with Crippen LogP contribution in [0.15, 0.2) is 42.5 Å². The van der Waals surface area contributed by atoms with E-state index in [1.165, 1.54) is 6.07 Å². The molecular formula is C19H19ClFN3O. The van der Waals surface area contributed by atoms with E-state index in [9.17, 15) is 9.18 Å². The Labute approximate surface area is 150 Å². The van der Waals surface area contributed by atoms with Crippen LogP contribution in [0, 0.1) is 5.82 Å². The molecule has 6 heteroatoms. The van der Waals surface area contributed by atoms with E-state index in [1.807, 2.05) is 19.0 Å². The SMILES string of the molecule is CN(C)CCNC(=O)c1[nH]c2ccc(Cl)cc2c1-c1ccccc1F. The summed E-state index contributed by atoms with van der Waals surface area (Å²) in [5.74, 6) is -0.654. The number of hydrogen-bond donors (Lipinski definition) is 2. The second-order valence-corrected chi connectivity index (χ2v) is 6.54. The molecule has 0 fully saturated rings. The molecule has 2 aromatic carbocycles. The molecule has 130 valence electrons. The standard InChI is InChI=1S/C19H19ClFN3O/c1-24(2)10-9-22-19(25)18-17(13-5-3-4-6-15(13)21)14-11-12(20)7-8-16(14)23-18/h3-8,11,23H,9-10H2,1-2H3,(H,22,25). The molecule has 0 saturated carbocycles. The van der Waals surface area contributed by atoms with Gasteiger partial charge in [0.1, 0.15) is 11.5 Å². The molecule has 0 spiro atoms. The summed E-state index contributed by atoms with van der Waals surface area (Å²) >= 11 is 6.11. The monoisotopic (exact) mass is 359 g/mol. The number of carbonyl (C=O) groups excluding carboxylic acids is 1. The van der Waals surface area contributed by atoms with Crippen LogP contribution in [0.4, 0.5) is 4.39 Å². The smallest absolute Gasteiger partial charge is 0.268 e. The first-order valence-corrected chi connectivity index (χ1v) is 8.34. The lowest BCUT2D eigenvalue weighted by Crippen LogP contribution is -2.31. The fourth-order valence-corrected chi connectivity index (χ4v) is 2.93. The van der Waals surface area contributed by atoms with E-state index in [0.717, 1.165) is 10.9 Å². The number of amides is 1. The van der Waals surface area contributed by atoms with Gasteiger partial charge in [-0.15, -0.1) is 0 Å². The minimum Gasteiger partial charge on any atom is -0.350 e. The molecule has 1 amide bonds. The Morgan fingerprint density at radius 1 is 1.24 bits per heavy atom. The summed E-state index contributed by atoms with van der Waals surface area (Å²) < 4.78 is 14.4. The average Bonchev–Trinajstić information content (AvgIpc) is 2.93. The van der Waals surface area contributed by atoms with Gasteiger partial charge < -0.3 is 15.2 Å². The summed E-state index contributed by atoms with van der Waals surface area (Å²) in [7, 11) is 3.86. The van der Waals surface area contributed by atoms with Crippen LogP contribution in [0.25, 0.3) is 22.0 Å². The number of aromatic nitrogens is 1. The summed E-state index contributed by atoms with van der Waals surface area (Å²) in [5.41, 5.74) is 1.97.